The van der Waals surface area contributed by atoms with Gasteiger partial charge in [0.1, 0.15) is 10.0 Å². The van der Waals surface area contributed by atoms with Gasteiger partial charge in [0.2, 0.25) is 10.0 Å². The summed E-state index contributed by atoms with van der Waals surface area (Å²) in [5.41, 5.74) is 0.445. The van der Waals surface area contributed by atoms with Gasteiger partial charge in [-0.15, -0.1) is 16.4 Å². The normalized spacial score (nSPS) is 12.6. The van der Waals surface area contributed by atoms with Crippen molar-refractivity contribution in [3.63, 3.8) is 0 Å². The average Bonchev–Trinajstić information content (AvgIpc) is 3.19. The van der Waals surface area contributed by atoms with Crippen LogP contribution in [0.15, 0.2) is 27.8 Å². The number of hydrogen-bond acceptors (Lipinski definition) is 7. The first-order valence-electron chi connectivity index (χ1n) is 7.25. The van der Waals surface area contributed by atoms with Crippen LogP contribution in [0.5, 0.6) is 0 Å². The van der Waals surface area contributed by atoms with Crippen molar-refractivity contribution in [2.45, 2.75) is 17.3 Å². The van der Waals surface area contributed by atoms with E-state index in [4.69, 9.17) is 0 Å². The molecule has 3 rings (SSSR count). The first kappa shape index (κ1) is 18.5. The van der Waals surface area contributed by atoms with Gasteiger partial charge in [0.25, 0.3) is 11.6 Å². The van der Waals surface area contributed by atoms with E-state index in [1.165, 1.54) is 12.1 Å². The number of thiophene rings is 1. The standard InChI is InChI=1S/C13H13F3N6O2S2/c1-8-7-9(22-12(19-8)20-11(21-22)13(14,15)16)17-4-5-18-26(23,24)10-3-2-6-25-10/h2-3,6-7,17-18H,4-5H2,1H3. The number of aromatic nitrogens is 4. The van der Waals surface area contributed by atoms with Crippen LogP contribution in [-0.4, -0.2) is 41.1 Å². The summed E-state index contributed by atoms with van der Waals surface area (Å²) in [6.07, 6.45) is -4.69. The van der Waals surface area contributed by atoms with Crippen LogP contribution in [0.4, 0.5) is 19.0 Å². The summed E-state index contributed by atoms with van der Waals surface area (Å²) >= 11 is 1.09. The first-order valence-corrected chi connectivity index (χ1v) is 9.62. The highest BCUT2D eigenvalue weighted by molar-refractivity contribution is 7.91. The van der Waals surface area contributed by atoms with Gasteiger partial charge in [-0.2, -0.15) is 22.7 Å². The van der Waals surface area contributed by atoms with Crippen LogP contribution in [0.2, 0.25) is 0 Å². The quantitative estimate of drug-likeness (QED) is 0.607. The molecule has 0 bridgehead atoms. The molecule has 0 aliphatic heterocycles. The molecule has 0 spiro atoms. The van der Waals surface area contributed by atoms with E-state index in [-0.39, 0.29) is 28.9 Å². The highest BCUT2D eigenvalue weighted by Crippen LogP contribution is 2.27. The summed E-state index contributed by atoms with van der Waals surface area (Å²) in [5.74, 6) is -1.26. The molecule has 2 N–H and O–H groups in total. The number of fused-ring (bicyclic) bond motifs is 1. The van der Waals surface area contributed by atoms with Gasteiger partial charge in [-0.25, -0.2) is 18.1 Å². The molecular formula is C13H13F3N6O2S2. The minimum atomic E-state index is -4.69. The zero-order valence-corrected chi connectivity index (χ0v) is 14.9. The number of hydrogen-bond donors (Lipinski definition) is 2. The number of sulfonamides is 1. The molecule has 8 nitrogen and oxygen atoms in total. The van der Waals surface area contributed by atoms with E-state index in [9.17, 15) is 21.6 Å². The summed E-state index contributed by atoms with van der Waals surface area (Å²) in [7, 11) is -3.60. The number of alkyl halides is 3. The van der Waals surface area contributed by atoms with Gasteiger partial charge in [0, 0.05) is 24.8 Å². The van der Waals surface area contributed by atoms with Crippen LogP contribution >= 0.6 is 11.3 Å². The summed E-state index contributed by atoms with van der Waals surface area (Å²) in [6, 6.07) is 4.59. The monoisotopic (exact) mass is 406 g/mol. The molecule has 0 aliphatic rings. The Bertz CT molecular complexity index is 1010. The third-order valence-corrected chi connectivity index (χ3v) is 6.04. The van der Waals surface area contributed by atoms with Crippen molar-refractivity contribution in [3.8, 4) is 0 Å². The van der Waals surface area contributed by atoms with E-state index >= 15 is 0 Å². The molecule has 0 aliphatic carbocycles. The minimum absolute atomic E-state index is 0.0317. The molecule has 140 valence electrons. The maximum Gasteiger partial charge on any atom is 0.453 e. The smallest absolute Gasteiger partial charge is 0.369 e. The molecule has 0 saturated heterocycles. The minimum Gasteiger partial charge on any atom is -0.369 e. The maximum absolute atomic E-state index is 12.8. The third kappa shape index (κ3) is 3.94. The molecule has 0 unspecified atom stereocenters. The summed E-state index contributed by atoms with van der Waals surface area (Å²) in [5, 5.41) is 7.90. The maximum atomic E-state index is 12.8. The Kier molecular flexibility index (Phi) is 4.86. The van der Waals surface area contributed by atoms with Crippen molar-refractivity contribution < 1.29 is 21.6 Å². The van der Waals surface area contributed by atoms with Crippen LogP contribution in [0.1, 0.15) is 11.5 Å². The SMILES string of the molecule is Cc1cc(NCCNS(=O)(=O)c2cccs2)n2nc(C(F)(F)F)nc2n1. The highest BCUT2D eigenvalue weighted by atomic mass is 32.2. The first-order chi connectivity index (χ1) is 12.2. The van der Waals surface area contributed by atoms with E-state index < -0.39 is 22.0 Å². The van der Waals surface area contributed by atoms with Gasteiger partial charge in [-0.05, 0) is 18.4 Å². The summed E-state index contributed by atoms with van der Waals surface area (Å²) in [6.45, 7) is 1.76. The van der Waals surface area contributed by atoms with Crippen molar-refractivity contribution in [1.82, 2.24) is 24.3 Å². The van der Waals surface area contributed by atoms with Crippen LogP contribution in [-0.2, 0) is 16.2 Å². The molecular weight excluding hydrogens is 393 g/mol. The number of anilines is 1. The van der Waals surface area contributed by atoms with E-state index in [1.807, 2.05) is 0 Å². The molecule has 0 aromatic carbocycles. The van der Waals surface area contributed by atoms with Gasteiger partial charge in [-0.3, -0.25) is 0 Å². The zero-order chi connectivity index (χ0) is 18.9. The lowest BCUT2D eigenvalue weighted by Gasteiger charge is -2.09. The lowest BCUT2D eigenvalue weighted by Crippen LogP contribution is -2.28. The van der Waals surface area contributed by atoms with E-state index in [0.29, 0.717) is 5.69 Å². The Hall–Kier alpha value is -2.25. The van der Waals surface area contributed by atoms with Crippen LogP contribution in [0, 0.1) is 6.92 Å². The van der Waals surface area contributed by atoms with Gasteiger partial charge in [0.15, 0.2) is 0 Å². The van der Waals surface area contributed by atoms with Crippen molar-refractivity contribution in [2.75, 3.05) is 18.4 Å². The van der Waals surface area contributed by atoms with Gasteiger partial charge in [0.05, 0.1) is 0 Å². The van der Waals surface area contributed by atoms with Crippen molar-refractivity contribution in [3.05, 3.63) is 35.1 Å². The van der Waals surface area contributed by atoms with Gasteiger partial charge >= 0.3 is 6.18 Å². The average molecular weight is 406 g/mol. The topological polar surface area (TPSA) is 101 Å². The van der Waals surface area contributed by atoms with E-state index in [1.54, 1.807) is 18.4 Å². The Morgan fingerprint density at radius 2 is 2.04 bits per heavy atom. The fourth-order valence-corrected chi connectivity index (χ4v) is 4.17. The molecule has 0 radical (unpaired) electrons. The Balaban J connectivity index is 1.72. The summed E-state index contributed by atoms with van der Waals surface area (Å²) in [4.78, 5) is 7.28. The zero-order valence-electron chi connectivity index (χ0n) is 13.3. The van der Waals surface area contributed by atoms with E-state index in [0.717, 1.165) is 15.9 Å². The molecule has 0 fully saturated rings. The van der Waals surface area contributed by atoms with Gasteiger partial charge in [-0.1, -0.05) is 6.07 Å². The van der Waals surface area contributed by atoms with Crippen molar-refractivity contribution in [2.24, 2.45) is 0 Å². The molecule has 13 heteroatoms. The molecule has 3 aromatic rings. The fraction of sp³-hybridized carbons (Fsp3) is 0.308. The second kappa shape index (κ2) is 6.81. The Morgan fingerprint density at radius 3 is 2.69 bits per heavy atom. The number of nitrogens with one attached hydrogen (secondary N) is 2. The van der Waals surface area contributed by atoms with E-state index in [2.05, 4.69) is 25.1 Å². The van der Waals surface area contributed by atoms with Crippen LogP contribution < -0.4 is 10.0 Å². The lowest BCUT2D eigenvalue weighted by atomic mass is 10.4. The van der Waals surface area contributed by atoms with Gasteiger partial charge < -0.3 is 5.32 Å². The Labute approximate surface area is 150 Å². The number of halogens is 3. The summed E-state index contributed by atoms with van der Waals surface area (Å²) < 4.78 is 65.8. The lowest BCUT2D eigenvalue weighted by molar-refractivity contribution is -0.144. The van der Waals surface area contributed by atoms with Crippen LogP contribution in [0.25, 0.3) is 5.78 Å². The predicted molar refractivity (Wildman–Crippen MR) is 88.5 cm³/mol. The molecule has 0 saturated carbocycles. The third-order valence-electron chi connectivity index (χ3n) is 3.18. The largest absolute Gasteiger partial charge is 0.453 e. The molecule has 0 atom stereocenters. The highest BCUT2D eigenvalue weighted by Gasteiger charge is 2.36. The molecule has 26 heavy (non-hydrogen) atoms. The predicted octanol–water partition coefficient (Wildman–Crippen LogP) is 1.90. The van der Waals surface area contributed by atoms with Crippen molar-refractivity contribution >= 4 is 33.0 Å². The Morgan fingerprint density at radius 1 is 1.27 bits per heavy atom. The van der Waals surface area contributed by atoms with Crippen LogP contribution in [0.3, 0.4) is 0 Å². The second-order valence-electron chi connectivity index (χ2n) is 5.18. The number of aryl methyl sites for hydroxylation is 1. The second-order valence-corrected chi connectivity index (χ2v) is 8.13. The number of nitrogens with zero attached hydrogens (tertiary/aromatic N) is 4. The number of rotatable bonds is 6. The fourth-order valence-electron chi connectivity index (χ4n) is 2.10. The van der Waals surface area contributed by atoms with Crippen molar-refractivity contribution in [1.29, 1.82) is 0 Å². The molecule has 0 amide bonds. The molecule has 3 heterocycles. The molecule has 3 aromatic heterocycles.